The van der Waals surface area contributed by atoms with Gasteiger partial charge in [-0.15, -0.1) is 11.3 Å². The van der Waals surface area contributed by atoms with Crippen LogP contribution in [0, 0.1) is 0 Å². The van der Waals surface area contributed by atoms with Crippen LogP contribution >= 0.6 is 11.3 Å². The Hall–Kier alpha value is -0.420. The van der Waals surface area contributed by atoms with Gasteiger partial charge in [0.2, 0.25) is 0 Å². The molecule has 0 spiro atoms. The Balaban J connectivity index is 2.69. The summed E-state index contributed by atoms with van der Waals surface area (Å²) in [7, 11) is 1.85. The number of nitrogens with one attached hydrogen (secondary N) is 1. The van der Waals surface area contributed by atoms with E-state index in [2.05, 4.69) is 5.32 Å². The van der Waals surface area contributed by atoms with Gasteiger partial charge in [0, 0.05) is 10.9 Å². The maximum Gasteiger partial charge on any atom is 0.0601 e. The lowest BCUT2D eigenvalue weighted by atomic mass is 10.1. The Morgan fingerprint density at radius 2 is 2.50 bits per heavy atom. The molecular weight excluding hydrogens is 172 g/mol. The fourth-order valence-electron chi connectivity index (χ4n) is 1.14. The van der Waals surface area contributed by atoms with E-state index in [0.29, 0.717) is 0 Å². The van der Waals surface area contributed by atoms with Crippen molar-refractivity contribution in [1.82, 2.24) is 5.32 Å². The Kier molecular flexibility index (Phi) is 3.68. The molecule has 0 aliphatic rings. The molecule has 1 aromatic rings. The molecule has 1 rings (SSSR count). The fraction of sp³-hybridized carbons (Fsp3) is 0.500. The Bertz CT molecular complexity index is 213. The van der Waals surface area contributed by atoms with Crippen molar-refractivity contribution in [3.8, 4) is 0 Å². The zero-order valence-electron chi connectivity index (χ0n) is 7.03. The summed E-state index contributed by atoms with van der Waals surface area (Å²) < 4.78 is 0. The van der Waals surface area contributed by atoms with Crippen LogP contribution in [0.1, 0.15) is 10.9 Å². The Morgan fingerprint density at radius 3 is 2.92 bits per heavy atom. The molecule has 1 heterocycles. The maximum atomic E-state index is 8.87. The average molecular weight is 186 g/mol. The number of thiophene rings is 1. The van der Waals surface area contributed by atoms with E-state index >= 15 is 0 Å². The molecule has 4 heteroatoms. The van der Waals surface area contributed by atoms with Crippen LogP contribution in [0.5, 0.6) is 0 Å². The number of aliphatic hydroxyl groups excluding tert-OH is 1. The third kappa shape index (κ3) is 2.04. The second-order valence-electron chi connectivity index (χ2n) is 2.63. The summed E-state index contributed by atoms with van der Waals surface area (Å²) in [5.41, 5.74) is 5.71. The summed E-state index contributed by atoms with van der Waals surface area (Å²) in [5, 5.41) is 14.0. The lowest BCUT2D eigenvalue weighted by Gasteiger charge is -2.20. The van der Waals surface area contributed by atoms with Crippen molar-refractivity contribution in [2.75, 3.05) is 13.7 Å². The molecule has 0 radical (unpaired) electrons. The summed E-state index contributed by atoms with van der Waals surface area (Å²) >= 11 is 1.65. The van der Waals surface area contributed by atoms with Gasteiger partial charge < -0.3 is 16.2 Å². The molecule has 0 saturated heterocycles. The molecular formula is C8H14N2OS. The first kappa shape index (κ1) is 9.67. The number of aliphatic hydroxyl groups is 1. The molecule has 0 aliphatic carbocycles. The molecule has 0 saturated carbocycles. The minimum Gasteiger partial charge on any atom is -0.395 e. The molecule has 1 aromatic heterocycles. The van der Waals surface area contributed by atoms with E-state index in [1.54, 1.807) is 11.3 Å². The molecule has 4 N–H and O–H groups in total. The quantitative estimate of drug-likeness (QED) is 0.635. The predicted octanol–water partition coefficient (Wildman–Crippen LogP) is 0.328. The van der Waals surface area contributed by atoms with Gasteiger partial charge in [0.25, 0.3) is 0 Å². The van der Waals surface area contributed by atoms with Gasteiger partial charge in [-0.1, -0.05) is 6.07 Å². The first-order valence-electron chi connectivity index (χ1n) is 3.86. The van der Waals surface area contributed by atoms with E-state index in [-0.39, 0.29) is 18.7 Å². The minimum atomic E-state index is -0.228. The predicted molar refractivity (Wildman–Crippen MR) is 51.2 cm³/mol. The van der Waals surface area contributed by atoms with Gasteiger partial charge in [0.15, 0.2) is 0 Å². The van der Waals surface area contributed by atoms with E-state index < -0.39 is 0 Å². The third-order valence-corrected chi connectivity index (χ3v) is 2.76. The fourth-order valence-corrected chi connectivity index (χ4v) is 2.05. The Labute approximate surface area is 76.2 Å². The van der Waals surface area contributed by atoms with Crippen molar-refractivity contribution in [3.05, 3.63) is 22.4 Å². The highest BCUT2D eigenvalue weighted by Crippen LogP contribution is 2.20. The third-order valence-electron chi connectivity index (χ3n) is 1.80. The van der Waals surface area contributed by atoms with Gasteiger partial charge in [-0.25, -0.2) is 0 Å². The Morgan fingerprint density at radius 1 is 1.75 bits per heavy atom. The highest BCUT2D eigenvalue weighted by atomic mass is 32.1. The summed E-state index contributed by atoms with van der Waals surface area (Å²) in [6.07, 6.45) is 0. The molecule has 0 aromatic carbocycles. The molecule has 68 valence electrons. The monoisotopic (exact) mass is 186 g/mol. The second-order valence-corrected chi connectivity index (χ2v) is 3.61. The lowest BCUT2D eigenvalue weighted by molar-refractivity contribution is 0.241. The van der Waals surface area contributed by atoms with Crippen LogP contribution in [-0.4, -0.2) is 24.8 Å². The largest absolute Gasteiger partial charge is 0.395 e. The van der Waals surface area contributed by atoms with Crippen LogP contribution in [0.4, 0.5) is 0 Å². The summed E-state index contributed by atoms with van der Waals surface area (Å²) in [6, 6.07) is 3.83. The number of likely N-dealkylation sites (N-methyl/N-ethyl adjacent to an activating group) is 1. The van der Waals surface area contributed by atoms with Crippen LogP contribution < -0.4 is 11.1 Å². The van der Waals surface area contributed by atoms with Crippen molar-refractivity contribution in [3.63, 3.8) is 0 Å². The summed E-state index contributed by atoms with van der Waals surface area (Å²) in [6.45, 7) is 0.00338. The van der Waals surface area contributed by atoms with Crippen molar-refractivity contribution >= 4 is 11.3 Å². The van der Waals surface area contributed by atoms with Gasteiger partial charge in [-0.2, -0.15) is 0 Å². The van der Waals surface area contributed by atoms with Crippen molar-refractivity contribution in [1.29, 1.82) is 0 Å². The topological polar surface area (TPSA) is 58.3 Å². The molecule has 0 amide bonds. The van der Waals surface area contributed by atoms with E-state index in [9.17, 15) is 0 Å². The maximum absolute atomic E-state index is 8.87. The van der Waals surface area contributed by atoms with Crippen LogP contribution in [0.3, 0.4) is 0 Å². The molecule has 0 aliphatic heterocycles. The van der Waals surface area contributed by atoms with E-state index in [4.69, 9.17) is 10.8 Å². The van der Waals surface area contributed by atoms with Crippen LogP contribution in [0.2, 0.25) is 0 Å². The van der Waals surface area contributed by atoms with Crippen molar-refractivity contribution < 1.29 is 5.11 Å². The molecule has 3 nitrogen and oxygen atoms in total. The summed E-state index contributed by atoms with van der Waals surface area (Å²) in [4.78, 5) is 1.17. The van der Waals surface area contributed by atoms with Gasteiger partial charge in [0.05, 0.1) is 12.6 Å². The van der Waals surface area contributed by atoms with E-state index in [0.717, 1.165) is 0 Å². The first-order valence-corrected chi connectivity index (χ1v) is 4.74. The highest BCUT2D eigenvalue weighted by molar-refractivity contribution is 7.10. The van der Waals surface area contributed by atoms with Crippen molar-refractivity contribution in [2.45, 2.75) is 12.1 Å². The number of rotatable bonds is 4. The second kappa shape index (κ2) is 4.57. The van der Waals surface area contributed by atoms with Gasteiger partial charge >= 0.3 is 0 Å². The molecule has 2 unspecified atom stereocenters. The number of hydrogen-bond donors (Lipinski definition) is 3. The van der Waals surface area contributed by atoms with Crippen LogP contribution in [0.15, 0.2) is 17.5 Å². The van der Waals surface area contributed by atoms with Gasteiger partial charge in [-0.3, -0.25) is 0 Å². The minimum absolute atomic E-state index is 0.00338. The number of nitrogens with two attached hydrogens (primary N) is 1. The zero-order valence-corrected chi connectivity index (χ0v) is 7.84. The molecule has 0 fully saturated rings. The highest BCUT2D eigenvalue weighted by Gasteiger charge is 2.17. The molecule has 2 atom stereocenters. The lowest BCUT2D eigenvalue weighted by Crippen LogP contribution is -2.38. The first-order chi connectivity index (χ1) is 5.79. The van der Waals surface area contributed by atoms with Crippen LogP contribution in [-0.2, 0) is 0 Å². The van der Waals surface area contributed by atoms with Crippen molar-refractivity contribution in [2.24, 2.45) is 5.73 Å². The van der Waals surface area contributed by atoms with E-state index in [1.165, 1.54) is 4.88 Å². The standard InChI is InChI=1S/C8H14N2OS/c1-10-8(6(9)5-11)7-3-2-4-12-7/h2-4,6,8,10-11H,5,9H2,1H3. The smallest absolute Gasteiger partial charge is 0.0601 e. The zero-order chi connectivity index (χ0) is 8.97. The number of hydrogen-bond acceptors (Lipinski definition) is 4. The normalized spacial score (nSPS) is 15.9. The molecule has 0 bridgehead atoms. The van der Waals surface area contributed by atoms with Gasteiger partial charge in [-0.05, 0) is 18.5 Å². The summed E-state index contributed by atoms with van der Waals surface area (Å²) in [5.74, 6) is 0. The van der Waals surface area contributed by atoms with Crippen LogP contribution in [0.25, 0.3) is 0 Å². The van der Waals surface area contributed by atoms with Gasteiger partial charge in [0.1, 0.15) is 0 Å². The van der Waals surface area contributed by atoms with E-state index in [1.807, 2.05) is 24.6 Å². The average Bonchev–Trinajstić information content (AvgIpc) is 2.58. The SMILES string of the molecule is CNC(c1cccs1)C(N)CO. The molecule has 12 heavy (non-hydrogen) atoms.